The second-order valence-corrected chi connectivity index (χ2v) is 27.3. The standard InChI is InChI=1S/C92H64N2/c1-91(2)55-67(49-63-47-61-51-83-73-31-15-11-27-69(73)71-29-13-17-33-75(71)85(83)53-81(61)87(63)91)93(65-43-39-59(40-44-65)57-23-7-5-8-24-57)89-77-35-19-21-37-79(77)90(80-38-22-20-36-78(80)89)94(66-45-41-60(42-46-66)58-25-9-6-10-26-58)68-50-64-48-62-52-84-74-32-16-12-28-70(74)72-30-14-18-34-76(72)86(84)54-82(62)88(64)92(3,4)56-68/h5-56H,1-4H3. The molecule has 0 fully saturated rings. The third-order valence-corrected chi connectivity index (χ3v) is 20.8. The van der Waals surface area contributed by atoms with Crippen LogP contribution in [0.5, 0.6) is 0 Å². The molecule has 0 atom stereocenters. The third-order valence-electron chi connectivity index (χ3n) is 20.8. The first-order chi connectivity index (χ1) is 46.1. The summed E-state index contributed by atoms with van der Waals surface area (Å²) in [7, 11) is 0. The largest absolute Gasteiger partial charge is 0.310 e. The molecular formula is C92H64N2. The molecular weight excluding hydrogens is 1130 g/mol. The van der Waals surface area contributed by atoms with Crippen molar-refractivity contribution in [2.75, 3.05) is 9.80 Å². The summed E-state index contributed by atoms with van der Waals surface area (Å²) >= 11 is 0. The molecule has 2 heteroatoms. The molecule has 0 radical (unpaired) electrons. The molecule has 0 N–H and O–H groups in total. The summed E-state index contributed by atoms with van der Waals surface area (Å²) in [4.78, 5) is 5.16. The number of rotatable bonds is 8. The third kappa shape index (κ3) is 8.22. The lowest BCUT2D eigenvalue weighted by atomic mass is 9.76. The van der Waals surface area contributed by atoms with Gasteiger partial charge >= 0.3 is 0 Å². The summed E-state index contributed by atoms with van der Waals surface area (Å²) in [5, 5.41) is 25.3. The van der Waals surface area contributed by atoms with Crippen molar-refractivity contribution >= 4 is 132 Å². The van der Waals surface area contributed by atoms with E-state index in [4.69, 9.17) is 0 Å². The van der Waals surface area contributed by atoms with Gasteiger partial charge in [-0.3, -0.25) is 0 Å². The zero-order chi connectivity index (χ0) is 62.6. The minimum Gasteiger partial charge on any atom is -0.310 e. The van der Waals surface area contributed by atoms with Crippen molar-refractivity contribution in [3.8, 4) is 22.3 Å². The zero-order valence-electron chi connectivity index (χ0n) is 52.9. The van der Waals surface area contributed by atoms with E-state index < -0.39 is 0 Å². The van der Waals surface area contributed by atoms with Crippen molar-refractivity contribution in [3.05, 3.63) is 347 Å². The van der Waals surface area contributed by atoms with Gasteiger partial charge in [0.2, 0.25) is 0 Å². The second kappa shape index (κ2) is 20.5. The van der Waals surface area contributed by atoms with Gasteiger partial charge in [-0.15, -0.1) is 0 Å². The Morgan fingerprint density at radius 3 is 0.798 bits per heavy atom. The van der Waals surface area contributed by atoms with Crippen molar-refractivity contribution < 1.29 is 0 Å². The van der Waals surface area contributed by atoms with E-state index in [-0.39, 0.29) is 10.8 Å². The average Bonchev–Trinajstić information content (AvgIpc) is 1.33. The van der Waals surface area contributed by atoms with Crippen LogP contribution in [0.3, 0.4) is 0 Å². The number of fused-ring (bicyclic) bond motifs is 18. The normalized spacial score (nSPS) is 15.1. The van der Waals surface area contributed by atoms with Gasteiger partial charge in [-0.2, -0.15) is 0 Å². The van der Waals surface area contributed by atoms with E-state index in [0.717, 1.165) is 55.7 Å². The minimum atomic E-state index is -0.368. The molecule has 19 rings (SSSR count). The number of allylic oxidation sites excluding steroid dienone is 6. The maximum Gasteiger partial charge on any atom is 0.0619 e. The fourth-order valence-electron chi connectivity index (χ4n) is 16.9. The molecule has 0 spiro atoms. The van der Waals surface area contributed by atoms with Gasteiger partial charge < -0.3 is 9.80 Å². The van der Waals surface area contributed by atoms with Gasteiger partial charge in [-0.05, 0) is 203 Å². The molecule has 0 heterocycles. The van der Waals surface area contributed by atoms with Crippen molar-refractivity contribution in [3.63, 3.8) is 0 Å². The molecule has 0 aliphatic heterocycles. The van der Waals surface area contributed by atoms with Gasteiger partial charge in [-0.25, -0.2) is 0 Å². The molecule has 0 aromatic heterocycles. The summed E-state index contributed by atoms with van der Waals surface area (Å²) in [6.45, 7) is 9.67. The number of benzene rings is 15. The Morgan fingerprint density at radius 2 is 0.489 bits per heavy atom. The molecule has 0 saturated carbocycles. The highest BCUT2D eigenvalue weighted by Crippen LogP contribution is 2.54. The Kier molecular flexibility index (Phi) is 11.8. The van der Waals surface area contributed by atoms with Crippen LogP contribution in [0, 0.1) is 10.8 Å². The van der Waals surface area contributed by atoms with E-state index in [1.165, 1.54) is 130 Å². The highest BCUT2D eigenvalue weighted by Gasteiger charge is 2.37. The Bertz CT molecular complexity index is 5800. The van der Waals surface area contributed by atoms with Gasteiger partial charge in [0, 0.05) is 55.1 Å². The lowest BCUT2D eigenvalue weighted by molar-refractivity contribution is 0.637. The molecule has 442 valence electrons. The van der Waals surface area contributed by atoms with Gasteiger partial charge in [0.05, 0.1) is 11.4 Å². The van der Waals surface area contributed by atoms with E-state index in [1.807, 2.05) is 0 Å². The van der Waals surface area contributed by atoms with Crippen LogP contribution in [0.15, 0.2) is 326 Å². The SMILES string of the molecule is CC1(C)C=C(N(c2ccc(-c3ccccc3)cc2)c2c3ccccc3c(N(C3=CC(C)(C)C4=c5cc6c7ccccc7c7ccccc7c6cc5=CC4=C3)c3ccc(-c4ccccc4)cc3)c3ccccc23)C=C2C=c3cc4c5ccccc5c5ccccc5c4cc3=C21. The fraction of sp³-hybridized carbons (Fsp3) is 0.0652. The maximum absolute atomic E-state index is 2.58. The van der Waals surface area contributed by atoms with Gasteiger partial charge in [0.1, 0.15) is 0 Å². The minimum absolute atomic E-state index is 0.368. The summed E-state index contributed by atoms with van der Waals surface area (Å²) in [6, 6.07) is 104. The van der Waals surface area contributed by atoms with Gasteiger partial charge in [-0.1, -0.05) is 270 Å². The zero-order valence-corrected chi connectivity index (χ0v) is 52.9. The Labute approximate surface area is 546 Å². The van der Waals surface area contributed by atoms with Crippen LogP contribution in [-0.4, -0.2) is 0 Å². The molecule has 0 bridgehead atoms. The Balaban J connectivity index is 0.841. The second-order valence-electron chi connectivity index (χ2n) is 27.3. The molecule has 94 heavy (non-hydrogen) atoms. The highest BCUT2D eigenvalue weighted by atomic mass is 15.2. The van der Waals surface area contributed by atoms with E-state index in [2.05, 4.69) is 353 Å². The molecule has 15 aromatic carbocycles. The molecule has 4 aliphatic rings. The number of hydrogen-bond donors (Lipinski definition) is 0. The van der Waals surface area contributed by atoms with Crippen LogP contribution in [-0.2, 0) is 0 Å². The van der Waals surface area contributed by atoms with Crippen LogP contribution in [0.2, 0.25) is 0 Å². The van der Waals surface area contributed by atoms with E-state index in [1.54, 1.807) is 0 Å². The topological polar surface area (TPSA) is 6.48 Å². The monoisotopic (exact) mass is 1200 g/mol. The van der Waals surface area contributed by atoms with Crippen molar-refractivity contribution in [2.45, 2.75) is 27.7 Å². The van der Waals surface area contributed by atoms with Crippen LogP contribution < -0.4 is 30.7 Å². The van der Waals surface area contributed by atoms with E-state index in [9.17, 15) is 0 Å². The number of nitrogens with zero attached hydrogens (tertiary/aromatic N) is 2. The molecule has 0 amide bonds. The molecule has 2 nitrogen and oxygen atoms in total. The number of hydrogen-bond acceptors (Lipinski definition) is 2. The summed E-state index contributed by atoms with van der Waals surface area (Å²) < 4.78 is 0. The van der Waals surface area contributed by atoms with Gasteiger partial charge in [0.25, 0.3) is 0 Å². The van der Waals surface area contributed by atoms with Crippen LogP contribution in [0.1, 0.15) is 27.7 Å². The fourth-order valence-corrected chi connectivity index (χ4v) is 16.9. The summed E-state index contributed by atoms with van der Waals surface area (Å²) in [6.07, 6.45) is 15.0. The summed E-state index contributed by atoms with van der Waals surface area (Å²) in [5.74, 6) is 0. The lowest BCUT2D eigenvalue weighted by Gasteiger charge is -2.38. The van der Waals surface area contributed by atoms with E-state index in [0.29, 0.717) is 0 Å². The Hall–Kier alpha value is -11.6. The van der Waals surface area contributed by atoms with Crippen molar-refractivity contribution in [1.82, 2.24) is 0 Å². The quantitative estimate of drug-likeness (QED) is 0.0850. The molecule has 0 saturated heterocycles. The maximum atomic E-state index is 2.58. The average molecular weight is 1200 g/mol. The predicted octanol–water partition coefficient (Wildman–Crippen LogP) is 21.5. The first-order valence-electron chi connectivity index (χ1n) is 33.0. The van der Waals surface area contributed by atoms with E-state index >= 15 is 0 Å². The smallest absolute Gasteiger partial charge is 0.0619 e. The Morgan fingerprint density at radius 1 is 0.234 bits per heavy atom. The molecule has 15 aromatic rings. The van der Waals surface area contributed by atoms with Gasteiger partial charge in [0.15, 0.2) is 0 Å². The molecule has 4 aliphatic carbocycles. The van der Waals surface area contributed by atoms with Crippen LogP contribution in [0.25, 0.3) is 132 Å². The highest BCUT2D eigenvalue weighted by molar-refractivity contribution is 6.27. The number of anilines is 4. The summed E-state index contributed by atoms with van der Waals surface area (Å²) in [5.41, 5.74) is 16.0. The predicted molar refractivity (Wildman–Crippen MR) is 402 cm³/mol. The molecule has 0 unspecified atom stereocenters. The van der Waals surface area contributed by atoms with Crippen LogP contribution in [0.4, 0.5) is 22.7 Å². The first kappa shape index (κ1) is 54.2. The lowest BCUT2D eigenvalue weighted by Crippen LogP contribution is -2.30. The first-order valence-corrected chi connectivity index (χ1v) is 33.0. The van der Waals surface area contributed by atoms with Crippen LogP contribution >= 0.6 is 0 Å². The van der Waals surface area contributed by atoms with Crippen molar-refractivity contribution in [1.29, 1.82) is 0 Å². The van der Waals surface area contributed by atoms with Crippen molar-refractivity contribution in [2.24, 2.45) is 10.8 Å².